The first kappa shape index (κ1) is 20.4. The maximum absolute atomic E-state index is 13.2. The van der Waals surface area contributed by atoms with Crippen LogP contribution in [0.25, 0.3) is 0 Å². The zero-order valence-electron chi connectivity index (χ0n) is 15.9. The lowest BCUT2D eigenvalue weighted by atomic mass is 10.2. The number of anilines is 2. The molecule has 0 aromatic heterocycles. The number of nitrogens with zero attached hydrogens (tertiary/aromatic N) is 2. The van der Waals surface area contributed by atoms with Gasteiger partial charge in [0.15, 0.2) is 5.17 Å². The molecular formula is C23H18BrN3O2S. The summed E-state index contributed by atoms with van der Waals surface area (Å²) in [4.78, 5) is 32.0. The Labute approximate surface area is 187 Å². The van der Waals surface area contributed by atoms with Crippen molar-refractivity contribution in [1.82, 2.24) is 0 Å². The number of benzene rings is 3. The van der Waals surface area contributed by atoms with Crippen LogP contribution >= 0.6 is 27.7 Å². The Hall–Kier alpha value is -2.90. The molecule has 1 aliphatic heterocycles. The summed E-state index contributed by atoms with van der Waals surface area (Å²) in [6.45, 7) is 0. The van der Waals surface area contributed by atoms with Crippen LogP contribution in [0.4, 0.5) is 17.1 Å². The van der Waals surface area contributed by atoms with Gasteiger partial charge >= 0.3 is 0 Å². The molecule has 1 N–H and O–H groups in total. The molecule has 0 saturated carbocycles. The van der Waals surface area contributed by atoms with Gasteiger partial charge in [0.2, 0.25) is 11.8 Å². The molecule has 1 aliphatic rings. The van der Waals surface area contributed by atoms with E-state index in [2.05, 4.69) is 26.2 Å². The predicted octanol–water partition coefficient (Wildman–Crippen LogP) is 5.61. The SMILES string of the molecule is O=C(CC1SC(=Nc2ccccc2)N(c2ccccc2)C1=O)Nc1ccc(Br)cc1. The minimum Gasteiger partial charge on any atom is -0.326 e. The van der Waals surface area contributed by atoms with E-state index < -0.39 is 5.25 Å². The number of amidine groups is 1. The van der Waals surface area contributed by atoms with Gasteiger partial charge < -0.3 is 5.32 Å². The molecule has 1 atom stereocenters. The average molecular weight is 480 g/mol. The number of carbonyl (C=O) groups is 2. The minimum absolute atomic E-state index is 0.0662. The van der Waals surface area contributed by atoms with E-state index in [0.717, 1.165) is 15.8 Å². The molecule has 5 nitrogen and oxygen atoms in total. The molecule has 30 heavy (non-hydrogen) atoms. The van der Waals surface area contributed by atoms with Gasteiger partial charge in [-0.15, -0.1) is 0 Å². The van der Waals surface area contributed by atoms with E-state index in [9.17, 15) is 9.59 Å². The number of carbonyl (C=O) groups excluding carboxylic acids is 2. The molecule has 0 radical (unpaired) electrons. The number of halogens is 1. The van der Waals surface area contributed by atoms with Crippen LogP contribution in [0, 0.1) is 0 Å². The maximum Gasteiger partial charge on any atom is 0.247 e. The molecule has 0 bridgehead atoms. The van der Waals surface area contributed by atoms with Crippen molar-refractivity contribution in [3.63, 3.8) is 0 Å². The molecule has 0 aliphatic carbocycles. The summed E-state index contributed by atoms with van der Waals surface area (Å²) in [5.74, 6) is -0.357. The number of para-hydroxylation sites is 2. The van der Waals surface area contributed by atoms with Crippen LogP contribution in [0.1, 0.15) is 6.42 Å². The molecule has 1 fully saturated rings. The molecule has 1 saturated heterocycles. The Morgan fingerprint density at radius 1 is 0.967 bits per heavy atom. The highest BCUT2D eigenvalue weighted by atomic mass is 79.9. The summed E-state index contributed by atoms with van der Waals surface area (Å²) in [7, 11) is 0. The fourth-order valence-corrected chi connectivity index (χ4v) is 4.43. The van der Waals surface area contributed by atoms with Crippen LogP contribution in [-0.4, -0.2) is 22.2 Å². The number of nitrogens with one attached hydrogen (secondary N) is 1. The fraction of sp³-hybridized carbons (Fsp3) is 0.0870. The van der Waals surface area contributed by atoms with E-state index >= 15 is 0 Å². The third-order valence-corrected chi connectivity index (χ3v) is 6.10. The lowest BCUT2D eigenvalue weighted by molar-refractivity contribution is -0.121. The number of hydrogen-bond acceptors (Lipinski definition) is 4. The van der Waals surface area contributed by atoms with Gasteiger partial charge in [0.05, 0.1) is 11.4 Å². The molecule has 4 rings (SSSR count). The first-order chi connectivity index (χ1) is 14.6. The van der Waals surface area contributed by atoms with E-state index in [0.29, 0.717) is 10.9 Å². The molecule has 1 unspecified atom stereocenters. The summed E-state index contributed by atoms with van der Waals surface area (Å²) in [6, 6.07) is 26.2. The summed E-state index contributed by atoms with van der Waals surface area (Å²) < 4.78 is 0.933. The number of rotatable bonds is 5. The molecule has 7 heteroatoms. The highest BCUT2D eigenvalue weighted by Crippen LogP contribution is 2.35. The van der Waals surface area contributed by atoms with Crippen LogP contribution in [0.3, 0.4) is 0 Å². The van der Waals surface area contributed by atoms with Crippen LogP contribution < -0.4 is 10.2 Å². The third kappa shape index (κ3) is 4.80. The second-order valence-electron chi connectivity index (χ2n) is 6.60. The number of aliphatic imine (C=N–C) groups is 1. The van der Waals surface area contributed by atoms with Gasteiger partial charge in [0.25, 0.3) is 0 Å². The number of thioether (sulfide) groups is 1. The normalized spacial score (nSPS) is 17.4. The molecular weight excluding hydrogens is 462 g/mol. The number of hydrogen-bond donors (Lipinski definition) is 1. The van der Waals surface area contributed by atoms with E-state index in [-0.39, 0.29) is 18.2 Å². The Morgan fingerprint density at radius 3 is 2.27 bits per heavy atom. The Kier molecular flexibility index (Phi) is 6.30. The zero-order valence-corrected chi connectivity index (χ0v) is 18.3. The standard InChI is InChI=1S/C23H18BrN3O2S/c24-16-11-13-18(14-12-16)25-21(28)15-20-22(29)27(19-9-5-2-6-10-19)23(30-20)26-17-7-3-1-4-8-17/h1-14,20H,15H2,(H,25,28). The summed E-state index contributed by atoms with van der Waals surface area (Å²) in [6.07, 6.45) is 0.0662. The third-order valence-electron chi connectivity index (χ3n) is 4.43. The second kappa shape index (κ2) is 9.28. The van der Waals surface area contributed by atoms with Crippen molar-refractivity contribution in [2.45, 2.75) is 11.7 Å². The van der Waals surface area contributed by atoms with Crippen LogP contribution in [0.5, 0.6) is 0 Å². The van der Waals surface area contributed by atoms with E-state index in [4.69, 9.17) is 0 Å². The first-order valence-corrected chi connectivity index (χ1v) is 11.0. The molecule has 3 aromatic rings. The highest BCUT2D eigenvalue weighted by Gasteiger charge is 2.40. The molecule has 3 aromatic carbocycles. The lowest BCUT2D eigenvalue weighted by Gasteiger charge is -2.16. The Balaban J connectivity index is 1.56. The van der Waals surface area contributed by atoms with Crippen molar-refractivity contribution in [2.24, 2.45) is 4.99 Å². The van der Waals surface area contributed by atoms with Gasteiger partial charge in [-0.05, 0) is 48.5 Å². The molecule has 150 valence electrons. The van der Waals surface area contributed by atoms with Gasteiger partial charge in [-0.1, -0.05) is 64.1 Å². The van der Waals surface area contributed by atoms with E-state index in [1.807, 2.05) is 84.9 Å². The van der Waals surface area contributed by atoms with Gasteiger partial charge in [-0.3, -0.25) is 14.5 Å². The lowest BCUT2D eigenvalue weighted by Crippen LogP contribution is -2.33. The molecule has 2 amide bonds. The highest BCUT2D eigenvalue weighted by molar-refractivity contribution is 9.10. The van der Waals surface area contributed by atoms with Crippen LogP contribution in [0.15, 0.2) is 94.4 Å². The monoisotopic (exact) mass is 479 g/mol. The smallest absolute Gasteiger partial charge is 0.247 e. The molecule has 0 spiro atoms. The minimum atomic E-state index is -0.539. The van der Waals surface area contributed by atoms with Crippen molar-refractivity contribution >= 4 is 61.7 Å². The Bertz CT molecular complexity index is 1070. The van der Waals surface area contributed by atoms with Crippen LogP contribution in [-0.2, 0) is 9.59 Å². The summed E-state index contributed by atoms with van der Waals surface area (Å²) in [5, 5.41) is 2.88. The largest absolute Gasteiger partial charge is 0.326 e. The fourth-order valence-electron chi connectivity index (χ4n) is 3.02. The average Bonchev–Trinajstić information content (AvgIpc) is 3.05. The van der Waals surface area contributed by atoms with Crippen molar-refractivity contribution in [2.75, 3.05) is 10.2 Å². The van der Waals surface area contributed by atoms with Gasteiger partial charge in [-0.2, -0.15) is 0 Å². The first-order valence-electron chi connectivity index (χ1n) is 9.35. The van der Waals surface area contributed by atoms with Crippen molar-refractivity contribution in [3.8, 4) is 0 Å². The maximum atomic E-state index is 13.2. The summed E-state index contributed by atoms with van der Waals surface area (Å²) in [5.41, 5.74) is 2.19. The molecule has 1 heterocycles. The van der Waals surface area contributed by atoms with Crippen molar-refractivity contribution in [1.29, 1.82) is 0 Å². The van der Waals surface area contributed by atoms with Crippen molar-refractivity contribution < 1.29 is 9.59 Å². The van der Waals surface area contributed by atoms with E-state index in [1.54, 1.807) is 4.90 Å². The quantitative estimate of drug-likeness (QED) is 0.516. The van der Waals surface area contributed by atoms with Crippen LogP contribution in [0.2, 0.25) is 0 Å². The topological polar surface area (TPSA) is 61.8 Å². The summed E-state index contributed by atoms with van der Waals surface area (Å²) >= 11 is 4.69. The van der Waals surface area contributed by atoms with Crippen molar-refractivity contribution in [3.05, 3.63) is 89.4 Å². The van der Waals surface area contributed by atoms with E-state index in [1.165, 1.54) is 11.8 Å². The van der Waals surface area contributed by atoms with Gasteiger partial charge in [0, 0.05) is 16.6 Å². The second-order valence-corrected chi connectivity index (χ2v) is 8.69. The zero-order chi connectivity index (χ0) is 20.9. The van der Waals surface area contributed by atoms with Gasteiger partial charge in [0.1, 0.15) is 5.25 Å². The Morgan fingerprint density at radius 2 is 1.60 bits per heavy atom. The predicted molar refractivity (Wildman–Crippen MR) is 126 cm³/mol. The number of amides is 2. The van der Waals surface area contributed by atoms with Gasteiger partial charge in [-0.25, -0.2) is 4.99 Å².